The van der Waals surface area contributed by atoms with Gasteiger partial charge >= 0.3 is 5.97 Å². The number of ether oxygens (including phenoxy) is 2. The highest BCUT2D eigenvalue weighted by Gasteiger charge is 2.13. The molecule has 0 aliphatic carbocycles. The first kappa shape index (κ1) is 17.0. The number of aromatic nitrogens is 3. The van der Waals surface area contributed by atoms with E-state index in [0.29, 0.717) is 22.8 Å². The fourth-order valence-corrected chi connectivity index (χ4v) is 2.72. The van der Waals surface area contributed by atoms with Gasteiger partial charge in [0.2, 0.25) is 0 Å². The number of hydrogen-bond donors (Lipinski definition) is 0. The first-order chi connectivity index (χ1) is 12.1. The maximum absolute atomic E-state index is 11.4. The molecule has 6 nitrogen and oxygen atoms in total. The molecule has 0 fully saturated rings. The molecule has 0 amide bonds. The van der Waals surface area contributed by atoms with Crippen molar-refractivity contribution in [3.63, 3.8) is 0 Å². The van der Waals surface area contributed by atoms with Crippen molar-refractivity contribution in [2.45, 2.75) is 6.54 Å². The number of carbonyl (C=O) groups is 1. The van der Waals surface area contributed by atoms with Crippen LogP contribution in [0, 0.1) is 0 Å². The Bertz CT molecular complexity index is 933. The van der Waals surface area contributed by atoms with Crippen molar-refractivity contribution in [2.75, 3.05) is 14.2 Å². The Hall–Kier alpha value is -2.86. The third kappa shape index (κ3) is 3.64. The summed E-state index contributed by atoms with van der Waals surface area (Å²) < 4.78 is 11.6. The summed E-state index contributed by atoms with van der Waals surface area (Å²) in [5, 5.41) is 5.59. The lowest BCUT2D eigenvalue weighted by Gasteiger charge is -2.05. The molecule has 2 aromatic heterocycles. The van der Waals surface area contributed by atoms with Crippen LogP contribution in [-0.2, 0) is 16.1 Å². The minimum Gasteiger partial charge on any atom is -0.497 e. The summed E-state index contributed by atoms with van der Waals surface area (Å²) in [5.74, 6) is 0.334. The second-order valence-corrected chi connectivity index (χ2v) is 5.60. The van der Waals surface area contributed by atoms with Crippen LogP contribution < -0.4 is 4.74 Å². The summed E-state index contributed by atoms with van der Waals surface area (Å²) in [6.07, 6.45) is 4.51. The average molecular weight is 358 g/mol. The quantitative estimate of drug-likeness (QED) is 0.398. The summed E-state index contributed by atoms with van der Waals surface area (Å²) in [6, 6.07) is 9.58. The van der Waals surface area contributed by atoms with Crippen molar-refractivity contribution < 1.29 is 14.3 Å². The highest BCUT2D eigenvalue weighted by atomic mass is 35.5. The molecule has 7 heteroatoms. The first-order valence-corrected chi connectivity index (χ1v) is 7.90. The number of benzene rings is 1. The van der Waals surface area contributed by atoms with Crippen molar-refractivity contribution >= 4 is 34.5 Å². The highest BCUT2D eigenvalue weighted by Crippen LogP contribution is 2.26. The first-order valence-electron chi connectivity index (χ1n) is 7.52. The molecule has 0 bridgehead atoms. The largest absolute Gasteiger partial charge is 0.497 e. The molecule has 0 saturated carbocycles. The van der Waals surface area contributed by atoms with Crippen LogP contribution in [-0.4, -0.2) is 35.0 Å². The second kappa shape index (κ2) is 7.36. The number of halogens is 1. The smallest absolute Gasteiger partial charge is 0.330 e. The average Bonchev–Trinajstić information content (AvgIpc) is 2.99. The number of esters is 1. The molecular weight excluding hydrogens is 342 g/mol. The van der Waals surface area contributed by atoms with Gasteiger partial charge in [-0.1, -0.05) is 23.7 Å². The molecule has 2 heterocycles. The summed E-state index contributed by atoms with van der Waals surface area (Å²) in [4.78, 5) is 15.5. The zero-order valence-electron chi connectivity index (χ0n) is 13.8. The Morgan fingerprint density at radius 1 is 1.24 bits per heavy atom. The molecular formula is C18H16ClN3O3. The van der Waals surface area contributed by atoms with Gasteiger partial charge in [-0.25, -0.2) is 9.78 Å². The number of methoxy groups -OCH3 is 2. The van der Waals surface area contributed by atoms with Crippen LogP contribution in [0.2, 0.25) is 5.15 Å². The lowest BCUT2D eigenvalue weighted by Crippen LogP contribution is -2.02. The lowest BCUT2D eigenvalue weighted by atomic mass is 10.2. The summed E-state index contributed by atoms with van der Waals surface area (Å²) >= 11 is 6.24. The molecule has 0 radical (unpaired) electrons. The van der Waals surface area contributed by atoms with Crippen molar-refractivity contribution in [3.8, 4) is 5.75 Å². The van der Waals surface area contributed by atoms with Crippen LogP contribution in [0.5, 0.6) is 5.75 Å². The van der Waals surface area contributed by atoms with Crippen molar-refractivity contribution in [3.05, 3.63) is 59.0 Å². The lowest BCUT2D eigenvalue weighted by molar-refractivity contribution is -0.134. The maximum Gasteiger partial charge on any atom is 0.330 e. The fourth-order valence-electron chi connectivity index (χ4n) is 2.47. The van der Waals surface area contributed by atoms with E-state index in [1.54, 1.807) is 19.4 Å². The third-order valence-corrected chi connectivity index (χ3v) is 4.00. The summed E-state index contributed by atoms with van der Waals surface area (Å²) in [5.41, 5.74) is 2.45. The number of nitrogens with zero attached hydrogens (tertiary/aromatic N) is 3. The molecule has 25 heavy (non-hydrogen) atoms. The van der Waals surface area contributed by atoms with Gasteiger partial charge < -0.3 is 9.47 Å². The third-order valence-electron chi connectivity index (χ3n) is 3.72. The molecule has 1 aromatic carbocycles. The van der Waals surface area contributed by atoms with Crippen LogP contribution >= 0.6 is 11.6 Å². The van der Waals surface area contributed by atoms with E-state index in [4.69, 9.17) is 16.3 Å². The minimum absolute atomic E-state index is 0.336. The Kier molecular flexibility index (Phi) is 5.00. The number of hydrogen-bond acceptors (Lipinski definition) is 5. The zero-order chi connectivity index (χ0) is 17.8. The molecule has 0 unspecified atom stereocenters. The molecule has 0 atom stereocenters. The van der Waals surface area contributed by atoms with Gasteiger partial charge in [0, 0.05) is 12.3 Å². The van der Waals surface area contributed by atoms with Crippen LogP contribution in [0.15, 0.2) is 42.6 Å². The predicted molar refractivity (Wildman–Crippen MR) is 95.7 cm³/mol. The van der Waals surface area contributed by atoms with E-state index in [0.717, 1.165) is 16.8 Å². The maximum atomic E-state index is 11.4. The van der Waals surface area contributed by atoms with E-state index < -0.39 is 5.97 Å². The van der Waals surface area contributed by atoms with Gasteiger partial charge in [0.1, 0.15) is 10.9 Å². The van der Waals surface area contributed by atoms with Crippen LogP contribution in [0.25, 0.3) is 17.0 Å². The van der Waals surface area contributed by atoms with E-state index in [9.17, 15) is 4.79 Å². The SMILES string of the molecule is COC(=O)/C=C/c1nn(Cc2ccc(OC)cc2)c2ccnc(Cl)c12. The number of carbonyl (C=O) groups excluding carboxylic acids is 1. The topological polar surface area (TPSA) is 66.2 Å². The molecule has 0 N–H and O–H groups in total. The van der Waals surface area contributed by atoms with Crippen molar-refractivity contribution in [2.24, 2.45) is 0 Å². The fraction of sp³-hybridized carbons (Fsp3) is 0.167. The van der Waals surface area contributed by atoms with E-state index in [2.05, 4.69) is 14.8 Å². The monoisotopic (exact) mass is 357 g/mol. The van der Waals surface area contributed by atoms with Gasteiger partial charge in [-0.05, 0) is 29.8 Å². The molecule has 3 aromatic rings. The van der Waals surface area contributed by atoms with E-state index >= 15 is 0 Å². The van der Waals surface area contributed by atoms with Gasteiger partial charge in [0.15, 0.2) is 0 Å². The van der Waals surface area contributed by atoms with Crippen LogP contribution in [0.4, 0.5) is 0 Å². The van der Waals surface area contributed by atoms with E-state index in [1.165, 1.54) is 13.2 Å². The van der Waals surface area contributed by atoms with Crippen LogP contribution in [0.1, 0.15) is 11.3 Å². The Morgan fingerprint density at radius 3 is 2.68 bits per heavy atom. The van der Waals surface area contributed by atoms with Gasteiger partial charge in [-0.3, -0.25) is 4.68 Å². The molecule has 0 spiro atoms. The second-order valence-electron chi connectivity index (χ2n) is 5.24. The summed E-state index contributed by atoms with van der Waals surface area (Å²) in [6.45, 7) is 0.549. The Balaban J connectivity index is 2.01. The van der Waals surface area contributed by atoms with Crippen molar-refractivity contribution in [1.29, 1.82) is 0 Å². The number of fused-ring (bicyclic) bond motifs is 1. The Morgan fingerprint density at radius 2 is 2.00 bits per heavy atom. The van der Waals surface area contributed by atoms with E-state index in [-0.39, 0.29) is 0 Å². The molecule has 0 aliphatic heterocycles. The highest BCUT2D eigenvalue weighted by molar-refractivity contribution is 6.34. The van der Waals surface area contributed by atoms with Gasteiger partial charge in [-0.15, -0.1) is 0 Å². The Labute approximate surface area is 149 Å². The van der Waals surface area contributed by atoms with E-state index in [1.807, 2.05) is 35.0 Å². The minimum atomic E-state index is -0.460. The standard InChI is InChI=1S/C18H16ClN3O3/c1-24-13-5-3-12(4-6-13)11-22-15-9-10-20-18(19)17(15)14(21-22)7-8-16(23)25-2/h3-10H,11H2,1-2H3/b8-7+. The number of pyridine rings is 1. The van der Waals surface area contributed by atoms with Crippen LogP contribution in [0.3, 0.4) is 0 Å². The molecule has 0 saturated heterocycles. The summed E-state index contributed by atoms with van der Waals surface area (Å²) in [7, 11) is 2.95. The van der Waals surface area contributed by atoms with Gasteiger partial charge in [0.25, 0.3) is 0 Å². The number of rotatable bonds is 5. The molecule has 0 aliphatic rings. The molecule has 3 rings (SSSR count). The normalized spacial score (nSPS) is 11.2. The van der Waals surface area contributed by atoms with Crippen molar-refractivity contribution in [1.82, 2.24) is 14.8 Å². The molecule has 128 valence electrons. The van der Waals surface area contributed by atoms with Gasteiger partial charge in [0.05, 0.1) is 37.4 Å². The zero-order valence-corrected chi connectivity index (χ0v) is 14.5. The van der Waals surface area contributed by atoms with Gasteiger partial charge in [-0.2, -0.15) is 5.10 Å². The predicted octanol–water partition coefficient (Wildman–Crippen LogP) is 3.33.